The summed E-state index contributed by atoms with van der Waals surface area (Å²) >= 11 is 0. The lowest BCUT2D eigenvalue weighted by molar-refractivity contribution is -0.121. The number of hydrogen-bond donors (Lipinski definition) is 1. The molecule has 136 valence electrons. The molecule has 0 saturated heterocycles. The van der Waals surface area contributed by atoms with Crippen LogP contribution in [-0.2, 0) is 4.79 Å². The number of fused-ring (bicyclic) bond motifs is 1. The van der Waals surface area contributed by atoms with Gasteiger partial charge in [0.15, 0.2) is 6.61 Å². The number of aryl methyl sites for hydroxylation is 1. The average Bonchev–Trinajstić information content (AvgIpc) is 2.64. The van der Waals surface area contributed by atoms with Gasteiger partial charge in [-0.1, -0.05) is 37.5 Å². The summed E-state index contributed by atoms with van der Waals surface area (Å²) in [6.45, 7) is 4.84. The lowest BCUT2D eigenvalue weighted by Crippen LogP contribution is -2.39. The minimum absolute atomic E-state index is 0.0457. The molecule has 0 radical (unpaired) electrons. The van der Waals surface area contributed by atoms with E-state index < -0.39 is 0 Å². The van der Waals surface area contributed by atoms with Crippen molar-refractivity contribution in [3.63, 3.8) is 0 Å². The number of benzene rings is 2. The highest BCUT2D eigenvalue weighted by molar-refractivity contribution is 6.05. The maximum Gasteiger partial charge on any atom is 0.265 e. The molecular formula is C21H24N2O3. The molecule has 2 amide bonds. The molecule has 2 aromatic carbocycles. The fourth-order valence-corrected chi connectivity index (χ4v) is 2.95. The number of hydrogen-bond acceptors (Lipinski definition) is 3. The van der Waals surface area contributed by atoms with Crippen LogP contribution >= 0.6 is 0 Å². The molecular weight excluding hydrogens is 328 g/mol. The zero-order chi connectivity index (χ0) is 18.5. The third kappa shape index (κ3) is 4.04. The maximum atomic E-state index is 12.4. The third-order valence-electron chi connectivity index (χ3n) is 4.46. The number of ether oxygens (including phenoxy) is 1. The number of anilines is 2. The highest BCUT2D eigenvalue weighted by Gasteiger charge is 2.25. The van der Waals surface area contributed by atoms with E-state index in [1.807, 2.05) is 25.1 Å². The van der Waals surface area contributed by atoms with Gasteiger partial charge in [0.05, 0.1) is 5.69 Å². The minimum atomic E-state index is -0.175. The Labute approximate surface area is 154 Å². The molecule has 2 aromatic rings. The van der Waals surface area contributed by atoms with Gasteiger partial charge in [0.1, 0.15) is 5.75 Å². The average molecular weight is 352 g/mol. The molecule has 0 unspecified atom stereocenters. The monoisotopic (exact) mass is 352 g/mol. The molecule has 5 nitrogen and oxygen atoms in total. The Kier molecular flexibility index (Phi) is 5.56. The Hall–Kier alpha value is -2.82. The predicted molar refractivity (Wildman–Crippen MR) is 103 cm³/mol. The number of nitrogens with zero attached hydrogens (tertiary/aromatic N) is 1. The first-order chi connectivity index (χ1) is 12.6. The first kappa shape index (κ1) is 18.0. The van der Waals surface area contributed by atoms with Gasteiger partial charge in [-0.3, -0.25) is 9.59 Å². The molecule has 0 aromatic heterocycles. The van der Waals surface area contributed by atoms with E-state index in [9.17, 15) is 9.59 Å². The van der Waals surface area contributed by atoms with Crippen LogP contribution in [0.1, 0.15) is 42.1 Å². The molecule has 1 aliphatic rings. The number of nitrogens with one attached hydrogen (secondary N) is 1. The summed E-state index contributed by atoms with van der Waals surface area (Å²) in [6.07, 6.45) is 3.11. The standard InChI is InChI=1S/C21H24N2O3/c1-3-4-5-12-23-18-13-17(10-11-19(18)26-14-20(23)24)22-21(25)16-8-6-15(2)7-9-16/h6-11,13H,3-5,12,14H2,1-2H3,(H,22,25). The summed E-state index contributed by atoms with van der Waals surface area (Å²) in [5.41, 5.74) is 3.07. The minimum Gasteiger partial charge on any atom is -0.482 e. The van der Waals surface area contributed by atoms with Crippen molar-refractivity contribution in [3.8, 4) is 5.75 Å². The summed E-state index contributed by atoms with van der Waals surface area (Å²) in [6, 6.07) is 12.8. The van der Waals surface area contributed by atoms with E-state index in [1.54, 1.807) is 29.2 Å². The molecule has 1 heterocycles. The van der Waals surface area contributed by atoms with Crippen molar-refractivity contribution in [1.29, 1.82) is 0 Å². The largest absolute Gasteiger partial charge is 0.482 e. The van der Waals surface area contributed by atoms with Crippen molar-refractivity contribution in [2.24, 2.45) is 0 Å². The molecule has 0 aliphatic carbocycles. The lowest BCUT2D eigenvalue weighted by atomic mass is 10.1. The van der Waals surface area contributed by atoms with Gasteiger partial charge in [-0.15, -0.1) is 0 Å². The van der Waals surface area contributed by atoms with Gasteiger partial charge in [0.25, 0.3) is 11.8 Å². The van der Waals surface area contributed by atoms with Crippen molar-refractivity contribution in [2.45, 2.75) is 33.1 Å². The molecule has 26 heavy (non-hydrogen) atoms. The summed E-state index contributed by atoms with van der Waals surface area (Å²) in [4.78, 5) is 26.4. The SMILES string of the molecule is CCCCCN1C(=O)COc2ccc(NC(=O)c3ccc(C)cc3)cc21. The molecule has 5 heteroatoms. The van der Waals surface area contributed by atoms with Crippen molar-refractivity contribution in [2.75, 3.05) is 23.4 Å². The normalized spacial score (nSPS) is 13.2. The molecule has 3 rings (SSSR count). The topological polar surface area (TPSA) is 58.6 Å². The quantitative estimate of drug-likeness (QED) is 0.794. The van der Waals surface area contributed by atoms with E-state index in [0.717, 1.165) is 30.5 Å². The van der Waals surface area contributed by atoms with Gasteiger partial charge < -0.3 is 15.0 Å². The fourth-order valence-electron chi connectivity index (χ4n) is 2.95. The highest BCUT2D eigenvalue weighted by Crippen LogP contribution is 2.35. The Bertz CT molecular complexity index is 799. The van der Waals surface area contributed by atoms with E-state index in [1.165, 1.54) is 0 Å². The van der Waals surface area contributed by atoms with E-state index in [-0.39, 0.29) is 18.4 Å². The van der Waals surface area contributed by atoms with Crippen LogP contribution in [0.2, 0.25) is 0 Å². The zero-order valence-electron chi connectivity index (χ0n) is 15.2. The smallest absolute Gasteiger partial charge is 0.265 e. The Morgan fingerprint density at radius 3 is 2.65 bits per heavy atom. The molecule has 0 saturated carbocycles. The van der Waals surface area contributed by atoms with Gasteiger partial charge >= 0.3 is 0 Å². The number of amides is 2. The van der Waals surface area contributed by atoms with Gasteiger partial charge in [0.2, 0.25) is 0 Å². The first-order valence-corrected chi connectivity index (χ1v) is 9.03. The molecule has 0 bridgehead atoms. The van der Waals surface area contributed by atoms with Crippen molar-refractivity contribution in [1.82, 2.24) is 0 Å². The zero-order valence-corrected chi connectivity index (χ0v) is 15.2. The number of rotatable bonds is 6. The third-order valence-corrected chi connectivity index (χ3v) is 4.46. The second-order valence-corrected chi connectivity index (χ2v) is 6.54. The van der Waals surface area contributed by atoms with Crippen LogP contribution in [0.15, 0.2) is 42.5 Å². The summed E-state index contributed by atoms with van der Waals surface area (Å²) < 4.78 is 5.53. The van der Waals surface area contributed by atoms with Crippen molar-refractivity contribution in [3.05, 3.63) is 53.6 Å². The van der Waals surface area contributed by atoms with Crippen molar-refractivity contribution >= 4 is 23.2 Å². The Morgan fingerprint density at radius 2 is 1.92 bits per heavy atom. The van der Waals surface area contributed by atoms with Crippen molar-refractivity contribution < 1.29 is 14.3 Å². The van der Waals surface area contributed by atoms with Crippen LogP contribution in [0.4, 0.5) is 11.4 Å². The van der Waals surface area contributed by atoms with Crippen LogP contribution in [-0.4, -0.2) is 25.0 Å². The van der Waals surface area contributed by atoms with Gasteiger partial charge in [-0.05, 0) is 43.7 Å². The van der Waals surface area contributed by atoms with Crippen LogP contribution in [0, 0.1) is 6.92 Å². The highest BCUT2D eigenvalue weighted by atomic mass is 16.5. The fraction of sp³-hybridized carbons (Fsp3) is 0.333. The number of carbonyl (C=O) groups excluding carboxylic acids is 2. The predicted octanol–water partition coefficient (Wildman–Crippen LogP) is 4.16. The Balaban J connectivity index is 1.79. The Morgan fingerprint density at radius 1 is 1.15 bits per heavy atom. The second-order valence-electron chi connectivity index (χ2n) is 6.54. The first-order valence-electron chi connectivity index (χ1n) is 9.03. The van der Waals surface area contributed by atoms with E-state index in [2.05, 4.69) is 12.2 Å². The summed E-state index contributed by atoms with van der Waals surface area (Å²) in [5, 5.41) is 2.90. The van der Waals surface area contributed by atoms with Crippen LogP contribution in [0.25, 0.3) is 0 Å². The summed E-state index contributed by atoms with van der Waals surface area (Å²) in [7, 11) is 0. The van der Waals surface area contributed by atoms with Gasteiger partial charge in [-0.2, -0.15) is 0 Å². The molecule has 1 aliphatic heterocycles. The molecule has 1 N–H and O–H groups in total. The van der Waals surface area contributed by atoms with E-state index in [4.69, 9.17) is 4.74 Å². The number of carbonyl (C=O) groups is 2. The lowest BCUT2D eigenvalue weighted by Gasteiger charge is -2.29. The van der Waals surface area contributed by atoms with Crippen LogP contribution in [0.3, 0.4) is 0 Å². The van der Waals surface area contributed by atoms with E-state index in [0.29, 0.717) is 23.5 Å². The summed E-state index contributed by atoms with van der Waals surface area (Å²) in [5.74, 6) is 0.454. The maximum absolute atomic E-state index is 12.4. The van der Waals surface area contributed by atoms with Gasteiger partial charge in [-0.25, -0.2) is 0 Å². The van der Waals surface area contributed by atoms with E-state index >= 15 is 0 Å². The second kappa shape index (κ2) is 8.04. The molecule has 0 fully saturated rings. The van der Waals surface area contributed by atoms with Crippen LogP contribution in [0.5, 0.6) is 5.75 Å². The van der Waals surface area contributed by atoms with Crippen LogP contribution < -0.4 is 15.0 Å². The molecule has 0 spiro atoms. The molecule has 0 atom stereocenters. The number of unbranched alkanes of at least 4 members (excludes halogenated alkanes) is 2. The van der Waals surface area contributed by atoms with Gasteiger partial charge in [0, 0.05) is 17.8 Å².